The molecule has 0 unspecified atom stereocenters. The molecule has 0 atom stereocenters. The molecule has 3 aromatic rings. The third-order valence-electron chi connectivity index (χ3n) is 4.22. The van der Waals surface area contributed by atoms with Gasteiger partial charge in [-0.25, -0.2) is 4.98 Å². The molecule has 0 saturated carbocycles. The van der Waals surface area contributed by atoms with Gasteiger partial charge in [0.25, 0.3) is 5.91 Å². The first-order valence-electron chi connectivity index (χ1n) is 9.39. The summed E-state index contributed by atoms with van der Waals surface area (Å²) in [5.41, 5.74) is 1.66. The summed E-state index contributed by atoms with van der Waals surface area (Å²) < 4.78 is 1.90. The molecule has 0 aromatic carbocycles. The van der Waals surface area contributed by atoms with Crippen molar-refractivity contribution in [2.75, 3.05) is 25.2 Å². The second kappa shape index (κ2) is 9.71. The van der Waals surface area contributed by atoms with Crippen molar-refractivity contribution in [1.82, 2.24) is 24.6 Å². The molecule has 0 spiro atoms. The molecule has 0 bridgehead atoms. The van der Waals surface area contributed by atoms with Crippen LogP contribution in [0.25, 0.3) is 11.4 Å². The molecule has 11 heteroatoms. The smallest absolute Gasteiger partial charge is 0.265 e. The number of carbonyl (C=O) groups excluding carboxylic acids is 2. The van der Waals surface area contributed by atoms with Crippen molar-refractivity contribution in [3.63, 3.8) is 0 Å². The number of carbonyl (C=O) groups is 2. The van der Waals surface area contributed by atoms with E-state index in [0.717, 1.165) is 24.2 Å². The minimum absolute atomic E-state index is 0.123. The Bertz CT molecular complexity index is 1050. The number of aromatic nitrogens is 4. The summed E-state index contributed by atoms with van der Waals surface area (Å²) in [6, 6.07) is 2.15. The predicted octanol–water partition coefficient (Wildman–Crippen LogP) is 3.69. The number of rotatable bonds is 8. The van der Waals surface area contributed by atoms with E-state index in [2.05, 4.69) is 38.9 Å². The van der Waals surface area contributed by atoms with Gasteiger partial charge in [-0.2, -0.15) is 0 Å². The van der Waals surface area contributed by atoms with Gasteiger partial charge in [-0.15, -0.1) is 21.5 Å². The number of nitrogens with zero attached hydrogens (tertiary/aromatic N) is 5. The van der Waals surface area contributed by atoms with Gasteiger partial charge in [0.1, 0.15) is 4.88 Å². The number of amides is 2. The number of thiophene rings is 1. The lowest BCUT2D eigenvalue weighted by atomic mass is 10.2. The molecule has 3 rings (SSSR count). The van der Waals surface area contributed by atoms with E-state index in [1.165, 1.54) is 32.9 Å². The number of anilines is 1. The normalized spacial score (nSPS) is 11.0. The topological polar surface area (TPSA) is 93.0 Å². The molecule has 8 nitrogen and oxygen atoms in total. The largest absolute Gasteiger partial charge is 0.344 e. The van der Waals surface area contributed by atoms with Gasteiger partial charge in [-0.1, -0.05) is 36.4 Å². The highest BCUT2D eigenvalue weighted by atomic mass is 32.2. The van der Waals surface area contributed by atoms with Gasteiger partial charge in [0.15, 0.2) is 16.1 Å². The van der Waals surface area contributed by atoms with E-state index in [9.17, 15) is 9.59 Å². The van der Waals surface area contributed by atoms with Crippen LogP contribution in [0.5, 0.6) is 0 Å². The van der Waals surface area contributed by atoms with E-state index in [4.69, 9.17) is 0 Å². The highest BCUT2D eigenvalue weighted by Gasteiger charge is 2.19. The highest BCUT2D eigenvalue weighted by Crippen LogP contribution is 2.28. The average molecular weight is 465 g/mol. The lowest BCUT2D eigenvalue weighted by Gasteiger charge is -2.07. The lowest BCUT2D eigenvalue weighted by Crippen LogP contribution is -2.21. The molecule has 30 heavy (non-hydrogen) atoms. The van der Waals surface area contributed by atoms with Gasteiger partial charge in [0.2, 0.25) is 5.91 Å². The van der Waals surface area contributed by atoms with Crippen molar-refractivity contribution >= 4 is 51.4 Å². The first-order valence-corrected chi connectivity index (χ1v) is 12.1. The van der Waals surface area contributed by atoms with Gasteiger partial charge in [0.05, 0.1) is 11.4 Å². The molecular formula is C19H24N6O2S3. The summed E-state index contributed by atoms with van der Waals surface area (Å²) >= 11 is 4.22. The van der Waals surface area contributed by atoms with Crippen molar-refractivity contribution in [2.45, 2.75) is 31.8 Å². The second-order valence-electron chi connectivity index (χ2n) is 6.89. The molecule has 2 amide bonds. The Morgan fingerprint density at radius 2 is 2.07 bits per heavy atom. The maximum absolute atomic E-state index is 12.4. The number of hydrogen-bond acceptors (Lipinski definition) is 8. The Balaban J connectivity index is 1.61. The minimum Gasteiger partial charge on any atom is -0.344 e. The summed E-state index contributed by atoms with van der Waals surface area (Å²) in [5, 5.41) is 14.5. The van der Waals surface area contributed by atoms with Crippen molar-refractivity contribution in [1.29, 1.82) is 0 Å². The van der Waals surface area contributed by atoms with Crippen LogP contribution in [-0.4, -0.2) is 56.3 Å². The van der Waals surface area contributed by atoms with Crippen molar-refractivity contribution in [3.05, 3.63) is 26.9 Å². The maximum atomic E-state index is 12.4. The van der Waals surface area contributed by atoms with Gasteiger partial charge in [-0.05, 0) is 19.4 Å². The molecule has 0 fully saturated rings. The molecule has 0 aliphatic heterocycles. The third kappa shape index (κ3) is 5.08. The first kappa shape index (κ1) is 22.4. The van der Waals surface area contributed by atoms with Crippen molar-refractivity contribution in [2.24, 2.45) is 7.05 Å². The van der Waals surface area contributed by atoms with Crippen LogP contribution in [0.2, 0.25) is 0 Å². The zero-order valence-corrected chi connectivity index (χ0v) is 20.0. The fourth-order valence-corrected chi connectivity index (χ4v) is 5.39. The third-order valence-corrected chi connectivity index (χ3v) is 7.30. The Morgan fingerprint density at radius 1 is 1.30 bits per heavy atom. The highest BCUT2D eigenvalue weighted by molar-refractivity contribution is 7.99. The van der Waals surface area contributed by atoms with E-state index in [0.29, 0.717) is 20.9 Å². The zero-order chi connectivity index (χ0) is 21.8. The Morgan fingerprint density at radius 3 is 2.77 bits per heavy atom. The van der Waals surface area contributed by atoms with Crippen LogP contribution in [0.1, 0.15) is 33.6 Å². The zero-order valence-electron chi connectivity index (χ0n) is 17.6. The van der Waals surface area contributed by atoms with Gasteiger partial charge >= 0.3 is 0 Å². The maximum Gasteiger partial charge on any atom is 0.265 e. The lowest BCUT2D eigenvalue weighted by molar-refractivity contribution is -0.113. The fourth-order valence-electron chi connectivity index (χ4n) is 2.70. The van der Waals surface area contributed by atoms with E-state index in [1.807, 2.05) is 11.6 Å². The Labute approximate surface area is 187 Å². The molecule has 0 radical (unpaired) electrons. The monoisotopic (exact) mass is 464 g/mol. The number of aryl methyl sites for hydroxylation is 2. The standard InChI is InChI=1S/C19H24N6O2S3/c1-6-7-13-8-12(9-28-13)16-22-23-19(25(16)5)29-10-14(26)21-18-20-11(2)15(30-18)17(27)24(3)4/h8-9H,6-7,10H2,1-5H3,(H,20,21,26). The van der Waals surface area contributed by atoms with Gasteiger partial charge in [0, 0.05) is 37.0 Å². The molecule has 0 aliphatic carbocycles. The summed E-state index contributed by atoms with van der Waals surface area (Å²) in [4.78, 5) is 32.1. The van der Waals surface area contributed by atoms with Gasteiger partial charge < -0.3 is 14.8 Å². The van der Waals surface area contributed by atoms with Crippen LogP contribution >= 0.6 is 34.4 Å². The van der Waals surface area contributed by atoms with E-state index >= 15 is 0 Å². The minimum atomic E-state index is -0.206. The molecule has 3 heterocycles. The first-order chi connectivity index (χ1) is 14.3. The van der Waals surface area contributed by atoms with E-state index in [-0.39, 0.29) is 17.6 Å². The van der Waals surface area contributed by atoms with Crippen molar-refractivity contribution < 1.29 is 9.59 Å². The quantitative estimate of drug-likeness (QED) is 0.511. The number of hydrogen-bond donors (Lipinski definition) is 1. The molecule has 0 saturated heterocycles. The van der Waals surface area contributed by atoms with Crippen molar-refractivity contribution in [3.8, 4) is 11.4 Å². The molecular weight excluding hydrogens is 440 g/mol. The summed E-state index contributed by atoms with van der Waals surface area (Å²) in [6.07, 6.45) is 2.17. The Hall–Kier alpha value is -2.24. The van der Waals surface area contributed by atoms with Crippen LogP contribution < -0.4 is 5.32 Å². The van der Waals surface area contributed by atoms with E-state index < -0.39 is 0 Å². The number of thiazole rings is 1. The number of nitrogens with one attached hydrogen (secondary N) is 1. The molecule has 160 valence electrons. The molecule has 3 aromatic heterocycles. The molecule has 1 N–H and O–H groups in total. The average Bonchev–Trinajstić information content (AvgIpc) is 3.39. The molecule has 0 aliphatic rings. The summed E-state index contributed by atoms with van der Waals surface area (Å²) in [5.74, 6) is 0.635. The second-order valence-corrected chi connectivity index (χ2v) is 9.82. The van der Waals surface area contributed by atoms with E-state index in [1.54, 1.807) is 32.4 Å². The van der Waals surface area contributed by atoms with Crippen LogP contribution in [-0.2, 0) is 18.3 Å². The fraction of sp³-hybridized carbons (Fsp3) is 0.421. The summed E-state index contributed by atoms with van der Waals surface area (Å²) in [6.45, 7) is 3.92. The van der Waals surface area contributed by atoms with Gasteiger partial charge in [-0.3, -0.25) is 9.59 Å². The van der Waals surface area contributed by atoms with Crippen LogP contribution in [0, 0.1) is 6.92 Å². The predicted molar refractivity (Wildman–Crippen MR) is 123 cm³/mol. The Kier molecular flexibility index (Phi) is 7.27. The van der Waals surface area contributed by atoms with Crippen LogP contribution in [0.15, 0.2) is 16.6 Å². The summed E-state index contributed by atoms with van der Waals surface area (Å²) in [7, 11) is 5.27. The SMILES string of the molecule is CCCc1cc(-c2nnc(SCC(=O)Nc3nc(C)c(C(=O)N(C)C)s3)n2C)cs1. The van der Waals surface area contributed by atoms with Crippen LogP contribution in [0.3, 0.4) is 0 Å². The van der Waals surface area contributed by atoms with Crippen LogP contribution in [0.4, 0.5) is 5.13 Å². The number of thioether (sulfide) groups is 1.